The van der Waals surface area contributed by atoms with E-state index in [1.165, 1.54) is 0 Å². The van der Waals surface area contributed by atoms with E-state index in [-0.39, 0.29) is 24.2 Å². The summed E-state index contributed by atoms with van der Waals surface area (Å²) in [7, 11) is -4.07. The molecule has 1 rings (SSSR count). The van der Waals surface area contributed by atoms with Crippen LogP contribution >= 0.6 is 0 Å². The molecule has 0 aliphatic carbocycles. The monoisotopic (exact) mass is 287 g/mol. The van der Waals surface area contributed by atoms with Crippen molar-refractivity contribution < 1.29 is 17.7 Å². The second-order valence-electron chi connectivity index (χ2n) is 5.15. The minimum atomic E-state index is -4.07. The Bertz CT molecular complexity index is 521. The van der Waals surface area contributed by atoms with E-state index >= 15 is 0 Å². The van der Waals surface area contributed by atoms with Gasteiger partial charge in [0, 0.05) is 0 Å². The number of benzene rings is 1. The van der Waals surface area contributed by atoms with Gasteiger partial charge in [0.25, 0.3) is 0 Å². The lowest BCUT2D eigenvalue weighted by Crippen LogP contribution is -2.21. The van der Waals surface area contributed by atoms with E-state index in [1.54, 1.807) is 12.1 Å². The first kappa shape index (κ1) is 15.9. The van der Waals surface area contributed by atoms with Gasteiger partial charge in [-0.3, -0.25) is 0 Å². The lowest BCUT2D eigenvalue weighted by Gasteiger charge is -2.20. The molecule has 0 aliphatic heterocycles. The molecular weight excluding hydrogens is 266 g/mol. The van der Waals surface area contributed by atoms with Crippen molar-refractivity contribution in [2.75, 3.05) is 0 Å². The third-order valence-corrected chi connectivity index (χ3v) is 3.23. The van der Waals surface area contributed by atoms with Gasteiger partial charge in [-0.15, -0.1) is 0 Å². The molecule has 1 aromatic rings. The second kappa shape index (κ2) is 5.90. The van der Waals surface area contributed by atoms with Gasteiger partial charge < -0.3 is 9.29 Å². The predicted molar refractivity (Wildman–Crippen MR) is 74.3 cm³/mol. The van der Waals surface area contributed by atoms with Crippen molar-refractivity contribution in [2.24, 2.45) is 5.14 Å². The zero-order chi connectivity index (χ0) is 14.8. The molecule has 5 nitrogen and oxygen atoms in total. The predicted octanol–water partition coefficient (Wildman–Crippen LogP) is 2.01. The Kier molecular flexibility index (Phi) is 4.95. The summed E-state index contributed by atoms with van der Waals surface area (Å²) in [6, 6.07) is 3.49. The zero-order valence-corrected chi connectivity index (χ0v) is 12.5. The van der Waals surface area contributed by atoms with Crippen molar-refractivity contribution >= 4 is 10.3 Å². The average molecular weight is 287 g/mol. The maximum Gasteiger partial charge on any atom is 0.380 e. The van der Waals surface area contributed by atoms with Crippen molar-refractivity contribution in [2.45, 2.75) is 46.1 Å². The third-order valence-electron chi connectivity index (χ3n) is 2.83. The summed E-state index contributed by atoms with van der Waals surface area (Å²) in [5.41, 5.74) is 2.18. The average Bonchev–Trinajstić information content (AvgIpc) is 2.26. The van der Waals surface area contributed by atoms with Crippen molar-refractivity contribution in [3.05, 3.63) is 28.8 Å². The standard InChI is InChI=1S/C13H21NO4S/c1-8(2)11-5-10(7-15)6-12(9(3)4)13(11)18-19(14,16)17/h5-6,8-9,15H,7H2,1-4H3,(H2,14,16,17). The maximum atomic E-state index is 11.2. The summed E-state index contributed by atoms with van der Waals surface area (Å²) < 4.78 is 27.4. The summed E-state index contributed by atoms with van der Waals surface area (Å²) >= 11 is 0. The fraction of sp³-hybridized carbons (Fsp3) is 0.538. The van der Waals surface area contributed by atoms with E-state index in [9.17, 15) is 13.5 Å². The molecule has 0 bridgehead atoms. The van der Waals surface area contributed by atoms with Crippen LogP contribution in [0.3, 0.4) is 0 Å². The van der Waals surface area contributed by atoms with E-state index in [4.69, 9.17) is 9.32 Å². The summed E-state index contributed by atoms with van der Waals surface area (Å²) in [4.78, 5) is 0. The quantitative estimate of drug-likeness (QED) is 0.866. The van der Waals surface area contributed by atoms with Crippen LogP contribution in [0.15, 0.2) is 12.1 Å². The van der Waals surface area contributed by atoms with Gasteiger partial charge in [0.15, 0.2) is 5.75 Å². The fourth-order valence-corrected chi connectivity index (χ4v) is 2.33. The Labute approximate surface area is 114 Å². The molecule has 6 heteroatoms. The van der Waals surface area contributed by atoms with Crippen molar-refractivity contribution in [3.63, 3.8) is 0 Å². The van der Waals surface area contributed by atoms with E-state index in [2.05, 4.69) is 0 Å². The molecule has 0 unspecified atom stereocenters. The molecule has 19 heavy (non-hydrogen) atoms. The highest BCUT2D eigenvalue weighted by Crippen LogP contribution is 2.36. The van der Waals surface area contributed by atoms with E-state index in [0.717, 1.165) is 16.7 Å². The molecule has 0 amide bonds. The maximum absolute atomic E-state index is 11.2. The summed E-state index contributed by atoms with van der Waals surface area (Å²) in [5, 5.41) is 14.3. The number of nitrogens with two attached hydrogens (primary N) is 1. The van der Waals surface area contributed by atoms with Crippen LogP contribution in [0.2, 0.25) is 0 Å². The zero-order valence-electron chi connectivity index (χ0n) is 11.7. The molecule has 1 aromatic carbocycles. The molecule has 3 N–H and O–H groups in total. The lowest BCUT2D eigenvalue weighted by atomic mass is 9.92. The van der Waals surface area contributed by atoms with Crippen LogP contribution in [0, 0.1) is 0 Å². The van der Waals surface area contributed by atoms with Crippen LogP contribution in [0.4, 0.5) is 0 Å². The Hall–Kier alpha value is -1.11. The number of hydrogen-bond donors (Lipinski definition) is 2. The first-order valence-electron chi connectivity index (χ1n) is 6.15. The van der Waals surface area contributed by atoms with Gasteiger partial charge in [0.2, 0.25) is 0 Å². The third kappa shape index (κ3) is 4.19. The van der Waals surface area contributed by atoms with Gasteiger partial charge in [-0.05, 0) is 40.7 Å². The minimum Gasteiger partial charge on any atom is -0.392 e. The summed E-state index contributed by atoms with van der Waals surface area (Å²) in [6.45, 7) is 7.61. The molecule has 0 fully saturated rings. The Balaban J connectivity index is 3.53. The smallest absolute Gasteiger partial charge is 0.380 e. The van der Waals surface area contributed by atoms with Gasteiger partial charge >= 0.3 is 10.3 Å². The number of aliphatic hydroxyl groups excluding tert-OH is 1. The molecule has 0 atom stereocenters. The summed E-state index contributed by atoms with van der Waals surface area (Å²) in [6.07, 6.45) is 0. The normalized spacial score (nSPS) is 12.2. The highest BCUT2D eigenvalue weighted by molar-refractivity contribution is 7.84. The largest absolute Gasteiger partial charge is 0.392 e. The van der Waals surface area contributed by atoms with Gasteiger partial charge in [0.05, 0.1) is 6.61 Å². The molecule has 0 saturated carbocycles. The molecule has 0 radical (unpaired) electrons. The minimum absolute atomic E-state index is 0.0562. The molecule has 0 aliphatic rings. The van der Waals surface area contributed by atoms with Crippen LogP contribution < -0.4 is 9.32 Å². The highest BCUT2D eigenvalue weighted by Gasteiger charge is 2.20. The Morgan fingerprint density at radius 1 is 1.16 bits per heavy atom. The fourth-order valence-electron chi connectivity index (χ4n) is 1.90. The first-order valence-corrected chi connectivity index (χ1v) is 7.62. The Morgan fingerprint density at radius 3 is 1.84 bits per heavy atom. The van der Waals surface area contributed by atoms with Crippen LogP contribution in [0.25, 0.3) is 0 Å². The van der Waals surface area contributed by atoms with E-state index < -0.39 is 10.3 Å². The summed E-state index contributed by atoms with van der Waals surface area (Å²) in [5.74, 6) is 0.395. The van der Waals surface area contributed by atoms with Crippen molar-refractivity contribution in [1.82, 2.24) is 0 Å². The molecule has 0 spiro atoms. The van der Waals surface area contributed by atoms with Crippen LogP contribution in [-0.2, 0) is 16.9 Å². The number of aliphatic hydroxyl groups is 1. The second-order valence-corrected chi connectivity index (χ2v) is 6.30. The SMILES string of the molecule is CC(C)c1cc(CO)cc(C(C)C)c1OS(N)(=O)=O. The van der Waals surface area contributed by atoms with Crippen molar-refractivity contribution in [1.29, 1.82) is 0 Å². The first-order chi connectivity index (χ1) is 8.65. The van der Waals surface area contributed by atoms with Crippen LogP contribution in [-0.4, -0.2) is 13.5 Å². The molecule has 0 aromatic heterocycles. The van der Waals surface area contributed by atoms with E-state index in [1.807, 2.05) is 27.7 Å². The molecule has 108 valence electrons. The van der Waals surface area contributed by atoms with Crippen LogP contribution in [0.5, 0.6) is 5.75 Å². The topological polar surface area (TPSA) is 89.6 Å². The number of rotatable bonds is 5. The van der Waals surface area contributed by atoms with Crippen LogP contribution in [0.1, 0.15) is 56.2 Å². The Morgan fingerprint density at radius 2 is 1.58 bits per heavy atom. The number of hydrogen-bond acceptors (Lipinski definition) is 4. The molecular formula is C13H21NO4S. The molecule has 0 saturated heterocycles. The van der Waals surface area contributed by atoms with Gasteiger partial charge in [-0.2, -0.15) is 13.6 Å². The highest BCUT2D eigenvalue weighted by atomic mass is 32.2. The molecule has 0 heterocycles. The lowest BCUT2D eigenvalue weighted by molar-refractivity contribution is 0.281. The van der Waals surface area contributed by atoms with Crippen molar-refractivity contribution in [3.8, 4) is 5.75 Å². The van der Waals surface area contributed by atoms with Gasteiger partial charge in [-0.1, -0.05) is 27.7 Å². The van der Waals surface area contributed by atoms with Gasteiger partial charge in [-0.25, -0.2) is 0 Å². The van der Waals surface area contributed by atoms with Gasteiger partial charge in [0.1, 0.15) is 0 Å². The van der Waals surface area contributed by atoms with E-state index in [0.29, 0.717) is 0 Å².